The molecule has 82 valence electrons. The summed E-state index contributed by atoms with van der Waals surface area (Å²) < 4.78 is 14.9. The second-order valence-electron chi connectivity index (χ2n) is 2.16. The second-order valence-corrected chi connectivity index (χ2v) is 3.64. The summed E-state index contributed by atoms with van der Waals surface area (Å²) in [6, 6.07) is 0. The molecule has 0 fully saturated rings. The second kappa shape index (κ2) is 7.85. The summed E-state index contributed by atoms with van der Waals surface area (Å²) in [6.45, 7) is 6.33. The van der Waals surface area contributed by atoms with Crippen molar-refractivity contribution in [1.82, 2.24) is 0 Å². The number of hydrogen-bond donors (Lipinski definition) is 1. The van der Waals surface area contributed by atoms with E-state index in [1.54, 1.807) is 20.8 Å². The Hall–Kier alpha value is -0.510. The zero-order chi connectivity index (χ0) is 11.0. The highest BCUT2D eigenvalue weighted by molar-refractivity contribution is 7.69. The minimum Gasteiger partial charge on any atom is -0.461 e. The molecule has 6 heteroatoms. The first-order valence-electron chi connectivity index (χ1n) is 4.48. The van der Waals surface area contributed by atoms with Crippen molar-refractivity contribution in [2.75, 3.05) is 19.8 Å². The van der Waals surface area contributed by atoms with E-state index in [0.717, 1.165) is 0 Å². The lowest BCUT2D eigenvalue weighted by molar-refractivity contribution is -0.134. The van der Waals surface area contributed by atoms with Crippen LogP contribution in [0.1, 0.15) is 20.8 Å². The maximum absolute atomic E-state index is 11.1. The molecule has 5 nitrogen and oxygen atoms in total. The number of carbonyl (C=O) groups excluding carboxylic acids is 1. The van der Waals surface area contributed by atoms with Crippen molar-refractivity contribution in [3.05, 3.63) is 0 Å². The van der Waals surface area contributed by atoms with Crippen LogP contribution in [-0.4, -0.2) is 31.2 Å². The van der Waals surface area contributed by atoms with Crippen LogP contribution in [0.25, 0.3) is 0 Å². The van der Waals surface area contributed by atoms with Gasteiger partial charge in [0, 0.05) is 0 Å². The summed E-state index contributed by atoms with van der Waals surface area (Å²) in [6.07, 6.45) is 0. The molecule has 0 aliphatic carbocycles. The Labute approximate surface area is 85.2 Å². The number of ether oxygens (including phenoxy) is 1. The van der Waals surface area contributed by atoms with E-state index in [0.29, 0.717) is 13.2 Å². The molecule has 0 aliphatic heterocycles. The molecule has 0 aromatic rings. The minimum absolute atomic E-state index is 0.231. The molecule has 0 amide bonds. The van der Waals surface area contributed by atoms with E-state index in [-0.39, 0.29) is 12.1 Å². The van der Waals surface area contributed by atoms with E-state index in [1.165, 1.54) is 0 Å². The smallest absolute Gasteiger partial charge is 0.361 e. The molecular formula is C8H16NO4P. The molecule has 0 rings (SSSR count). The van der Waals surface area contributed by atoms with E-state index in [1.807, 2.05) is 0 Å². The molecule has 0 radical (unpaired) electrons. The number of hydrogen-bond acceptors (Lipinski definition) is 5. The highest BCUT2D eigenvalue weighted by Gasteiger charge is 2.24. The Morgan fingerprint density at radius 3 is 2.00 bits per heavy atom. The van der Waals surface area contributed by atoms with Crippen LogP contribution in [0.3, 0.4) is 0 Å². The molecule has 0 bridgehead atoms. The van der Waals surface area contributed by atoms with Crippen molar-refractivity contribution in [3.8, 4) is 0 Å². The van der Waals surface area contributed by atoms with E-state index in [2.05, 4.69) is 4.74 Å². The zero-order valence-electron chi connectivity index (χ0n) is 8.70. The highest BCUT2D eigenvalue weighted by atomic mass is 31.2. The van der Waals surface area contributed by atoms with Gasteiger partial charge in [-0.05, 0) is 20.8 Å². The van der Waals surface area contributed by atoms with Crippen molar-refractivity contribution >= 4 is 19.8 Å². The molecule has 0 saturated heterocycles. The molecule has 0 spiro atoms. The average molecular weight is 221 g/mol. The van der Waals surface area contributed by atoms with Gasteiger partial charge in [-0.1, -0.05) is 0 Å². The molecule has 1 N–H and O–H groups in total. The predicted octanol–water partition coefficient (Wildman–Crippen LogP) is 1.91. The fraction of sp³-hybridized carbons (Fsp3) is 0.750. The number of carbonyl (C=O) groups is 1. The Balaban J connectivity index is 4.19. The van der Waals surface area contributed by atoms with Crippen molar-refractivity contribution in [2.24, 2.45) is 0 Å². The molecule has 0 atom stereocenters. The molecule has 0 aromatic heterocycles. The quantitative estimate of drug-likeness (QED) is 0.405. The Kier molecular flexibility index (Phi) is 7.57. The van der Waals surface area contributed by atoms with Gasteiger partial charge in [0.2, 0.25) is 8.38 Å². The van der Waals surface area contributed by atoms with E-state index in [4.69, 9.17) is 14.5 Å². The van der Waals surface area contributed by atoms with E-state index >= 15 is 0 Å². The van der Waals surface area contributed by atoms with Gasteiger partial charge in [0.05, 0.1) is 19.8 Å². The lowest BCUT2D eigenvalue weighted by Gasteiger charge is -2.14. The number of rotatable bonds is 7. The molecule has 14 heavy (non-hydrogen) atoms. The monoisotopic (exact) mass is 221 g/mol. The average Bonchev–Trinajstić information content (AvgIpc) is 2.17. The first-order chi connectivity index (χ1) is 6.67. The van der Waals surface area contributed by atoms with Crippen LogP contribution in [0.4, 0.5) is 0 Å². The van der Waals surface area contributed by atoms with Gasteiger partial charge in [-0.2, -0.15) is 0 Å². The summed E-state index contributed by atoms with van der Waals surface area (Å²) >= 11 is 0. The predicted molar refractivity (Wildman–Crippen MR) is 54.5 cm³/mol. The largest absolute Gasteiger partial charge is 0.461 e. The van der Waals surface area contributed by atoms with Gasteiger partial charge < -0.3 is 13.8 Å². The molecular weight excluding hydrogens is 205 g/mol. The topological polar surface area (TPSA) is 68.6 Å². The highest BCUT2D eigenvalue weighted by Crippen LogP contribution is 2.39. The van der Waals surface area contributed by atoms with Crippen LogP contribution >= 0.6 is 8.38 Å². The van der Waals surface area contributed by atoms with Gasteiger partial charge in [0.1, 0.15) is 0 Å². The zero-order valence-corrected chi connectivity index (χ0v) is 9.60. The van der Waals surface area contributed by atoms with Crippen molar-refractivity contribution in [2.45, 2.75) is 20.8 Å². The molecule has 0 unspecified atom stereocenters. The van der Waals surface area contributed by atoms with Gasteiger partial charge in [-0.3, -0.25) is 5.41 Å². The third kappa shape index (κ3) is 4.65. The van der Waals surface area contributed by atoms with Gasteiger partial charge in [0.15, 0.2) is 5.45 Å². The minimum atomic E-state index is -1.56. The van der Waals surface area contributed by atoms with Crippen LogP contribution in [-0.2, 0) is 18.6 Å². The Morgan fingerprint density at radius 2 is 1.64 bits per heavy atom. The van der Waals surface area contributed by atoms with Crippen LogP contribution in [0.15, 0.2) is 0 Å². The first-order valence-corrected chi connectivity index (χ1v) is 5.66. The van der Waals surface area contributed by atoms with Gasteiger partial charge in [-0.15, -0.1) is 0 Å². The maximum Gasteiger partial charge on any atom is 0.361 e. The summed E-state index contributed by atoms with van der Waals surface area (Å²) in [5.41, 5.74) is -0.231. The summed E-state index contributed by atoms with van der Waals surface area (Å²) in [5, 5.41) is 7.47. The van der Waals surface area contributed by atoms with Gasteiger partial charge >= 0.3 is 5.97 Å². The molecule has 0 aliphatic rings. The summed E-state index contributed by atoms with van der Waals surface area (Å²) in [5.74, 6) is -0.666. The Bertz CT molecular complexity index is 192. The van der Waals surface area contributed by atoms with Crippen molar-refractivity contribution in [3.63, 3.8) is 0 Å². The van der Waals surface area contributed by atoms with Crippen LogP contribution < -0.4 is 0 Å². The summed E-state index contributed by atoms with van der Waals surface area (Å²) in [4.78, 5) is 11.1. The lowest BCUT2D eigenvalue weighted by Crippen LogP contribution is -2.16. The van der Waals surface area contributed by atoms with Crippen LogP contribution in [0.2, 0.25) is 0 Å². The third-order valence-electron chi connectivity index (χ3n) is 1.14. The number of esters is 1. The van der Waals surface area contributed by atoms with Crippen LogP contribution in [0, 0.1) is 5.41 Å². The van der Waals surface area contributed by atoms with Crippen molar-refractivity contribution < 1.29 is 18.6 Å². The summed E-state index contributed by atoms with van der Waals surface area (Å²) in [7, 11) is -1.56. The molecule has 0 heterocycles. The fourth-order valence-electron chi connectivity index (χ4n) is 0.675. The van der Waals surface area contributed by atoms with Crippen LogP contribution in [0.5, 0.6) is 0 Å². The standard InChI is InChI=1S/C8H16NO4P/c1-4-11-8(10)7(9)14(12-5-2)13-6-3/h9H,4-6H2,1-3H3. The van der Waals surface area contributed by atoms with Gasteiger partial charge in [-0.25, -0.2) is 4.79 Å². The molecule has 0 aromatic carbocycles. The SMILES string of the molecule is CCOC(=O)C(=N)P(OCC)OCC. The third-order valence-corrected chi connectivity index (χ3v) is 2.68. The van der Waals surface area contributed by atoms with Gasteiger partial charge in [0.25, 0.3) is 0 Å². The first kappa shape index (κ1) is 13.5. The number of nitrogens with one attached hydrogen (secondary N) is 1. The normalized spacial score (nSPS) is 10.3. The molecule has 0 saturated carbocycles. The Morgan fingerprint density at radius 1 is 1.14 bits per heavy atom. The van der Waals surface area contributed by atoms with Crippen molar-refractivity contribution in [1.29, 1.82) is 5.41 Å². The fourth-order valence-corrected chi connectivity index (χ4v) is 1.69. The van der Waals surface area contributed by atoms with E-state index < -0.39 is 14.3 Å². The maximum atomic E-state index is 11.1. The van der Waals surface area contributed by atoms with E-state index in [9.17, 15) is 4.79 Å². The lowest BCUT2D eigenvalue weighted by atomic mass is 10.7.